The third-order valence-corrected chi connectivity index (χ3v) is 4.66. The molecule has 1 aromatic heterocycles. The quantitative estimate of drug-likeness (QED) is 0.332. The third-order valence-electron chi connectivity index (χ3n) is 4.66. The number of aryl methyl sites for hydroxylation is 1. The van der Waals surface area contributed by atoms with Gasteiger partial charge in [-0.1, -0.05) is 42.5 Å². The summed E-state index contributed by atoms with van der Waals surface area (Å²) in [5.41, 5.74) is 2.02. The lowest BCUT2D eigenvalue weighted by Gasteiger charge is -2.13. The van der Waals surface area contributed by atoms with Gasteiger partial charge in [-0.25, -0.2) is 9.97 Å². The number of methoxy groups -OCH3 is 1. The van der Waals surface area contributed by atoms with E-state index in [1.807, 2.05) is 61.5 Å². The average molecular weight is 401 g/mol. The van der Waals surface area contributed by atoms with Crippen LogP contribution in [0, 0.1) is 17.0 Å². The number of ether oxygens (including phenoxy) is 1. The minimum atomic E-state index is -0.502. The predicted molar refractivity (Wildman–Crippen MR) is 117 cm³/mol. The van der Waals surface area contributed by atoms with E-state index < -0.39 is 4.92 Å². The molecule has 0 radical (unpaired) electrons. The SMILES string of the molecule is COc1ccc(C)cc1Nc1ncnc(Nc2cccc3ccccc23)c1[N+](=O)[O-]. The summed E-state index contributed by atoms with van der Waals surface area (Å²) in [6.07, 6.45) is 1.28. The molecule has 0 aliphatic heterocycles. The Kier molecular flexibility index (Phi) is 5.13. The molecule has 0 aliphatic carbocycles. The summed E-state index contributed by atoms with van der Waals surface area (Å²) >= 11 is 0. The highest BCUT2D eigenvalue weighted by Gasteiger charge is 2.24. The standard InChI is InChI=1S/C22H19N5O3/c1-14-10-11-19(30-2)18(12-14)26-22-20(27(28)29)21(23-13-24-22)25-17-9-5-7-15-6-3-4-8-16(15)17/h3-13H,1-2H3,(H2,23,24,25,26). The minimum absolute atomic E-state index is 0.0710. The number of nitrogens with zero attached hydrogens (tertiary/aromatic N) is 3. The van der Waals surface area contributed by atoms with Crippen molar-refractivity contribution in [1.29, 1.82) is 0 Å². The summed E-state index contributed by atoms with van der Waals surface area (Å²) in [6.45, 7) is 1.92. The highest BCUT2D eigenvalue weighted by molar-refractivity contribution is 5.96. The molecular weight excluding hydrogens is 382 g/mol. The van der Waals surface area contributed by atoms with Gasteiger partial charge in [0.1, 0.15) is 12.1 Å². The van der Waals surface area contributed by atoms with Gasteiger partial charge in [0.2, 0.25) is 11.6 Å². The molecule has 1 heterocycles. The summed E-state index contributed by atoms with van der Waals surface area (Å²) in [4.78, 5) is 19.7. The number of aromatic nitrogens is 2. The molecule has 0 aliphatic rings. The van der Waals surface area contributed by atoms with Crippen LogP contribution in [-0.4, -0.2) is 22.0 Å². The van der Waals surface area contributed by atoms with E-state index in [-0.39, 0.29) is 17.3 Å². The Hall–Kier alpha value is -4.20. The lowest BCUT2D eigenvalue weighted by Crippen LogP contribution is -2.06. The Morgan fingerprint density at radius 1 is 0.933 bits per heavy atom. The molecule has 4 rings (SSSR count). The number of nitro groups is 1. The highest BCUT2D eigenvalue weighted by atomic mass is 16.6. The van der Waals surface area contributed by atoms with Gasteiger partial charge in [-0.15, -0.1) is 0 Å². The van der Waals surface area contributed by atoms with Crippen LogP contribution in [0.5, 0.6) is 5.75 Å². The van der Waals surface area contributed by atoms with Gasteiger partial charge in [0.25, 0.3) is 0 Å². The molecule has 0 bridgehead atoms. The van der Waals surface area contributed by atoms with Gasteiger partial charge in [0.05, 0.1) is 17.7 Å². The lowest BCUT2D eigenvalue weighted by molar-refractivity contribution is -0.383. The van der Waals surface area contributed by atoms with Crippen molar-refractivity contribution in [3.05, 3.63) is 82.7 Å². The fraction of sp³-hybridized carbons (Fsp3) is 0.0909. The normalized spacial score (nSPS) is 10.6. The van der Waals surface area contributed by atoms with E-state index in [2.05, 4.69) is 20.6 Å². The number of benzene rings is 3. The summed E-state index contributed by atoms with van der Waals surface area (Å²) in [7, 11) is 1.54. The number of hydrogen-bond acceptors (Lipinski definition) is 7. The van der Waals surface area contributed by atoms with Gasteiger partial charge in [0.15, 0.2) is 0 Å². The molecule has 4 aromatic rings. The number of anilines is 4. The van der Waals surface area contributed by atoms with Crippen LogP contribution in [0.1, 0.15) is 5.56 Å². The predicted octanol–water partition coefficient (Wildman–Crippen LogP) is 5.34. The van der Waals surface area contributed by atoms with E-state index in [0.29, 0.717) is 17.1 Å². The van der Waals surface area contributed by atoms with Crippen LogP contribution in [0.3, 0.4) is 0 Å². The number of rotatable bonds is 6. The molecule has 0 atom stereocenters. The second-order valence-electron chi connectivity index (χ2n) is 6.66. The van der Waals surface area contributed by atoms with Crippen LogP contribution in [0.15, 0.2) is 67.0 Å². The summed E-state index contributed by atoms with van der Waals surface area (Å²) in [5, 5.41) is 20.0. The lowest BCUT2D eigenvalue weighted by atomic mass is 10.1. The van der Waals surface area contributed by atoms with Crippen molar-refractivity contribution in [1.82, 2.24) is 9.97 Å². The molecule has 2 N–H and O–H groups in total. The molecule has 30 heavy (non-hydrogen) atoms. The van der Waals surface area contributed by atoms with Crippen LogP contribution >= 0.6 is 0 Å². The Morgan fingerprint density at radius 3 is 2.37 bits per heavy atom. The van der Waals surface area contributed by atoms with E-state index in [9.17, 15) is 10.1 Å². The fourth-order valence-corrected chi connectivity index (χ4v) is 3.24. The van der Waals surface area contributed by atoms with Crippen molar-refractivity contribution in [3.63, 3.8) is 0 Å². The molecule has 0 spiro atoms. The van der Waals surface area contributed by atoms with Crippen LogP contribution < -0.4 is 15.4 Å². The maximum atomic E-state index is 11.9. The van der Waals surface area contributed by atoms with E-state index in [0.717, 1.165) is 16.3 Å². The van der Waals surface area contributed by atoms with E-state index in [4.69, 9.17) is 4.74 Å². The average Bonchev–Trinajstić information content (AvgIpc) is 2.74. The van der Waals surface area contributed by atoms with Crippen LogP contribution in [0.4, 0.5) is 28.7 Å². The van der Waals surface area contributed by atoms with E-state index in [1.165, 1.54) is 13.4 Å². The molecule has 0 saturated carbocycles. The molecule has 8 heteroatoms. The molecule has 0 amide bonds. The molecule has 3 aromatic carbocycles. The monoisotopic (exact) mass is 401 g/mol. The number of hydrogen-bond donors (Lipinski definition) is 2. The van der Waals surface area contributed by atoms with Gasteiger partial charge in [-0.2, -0.15) is 0 Å². The first-order chi connectivity index (χ1) is 14.6. The van der Waals surface area contributed by atoms with Gasteiger partial charge in [0, 0.05) is 11.1 Å². The van der Waals surface area contributed by atoms with Crippen molar-refractivity contribution in [3.8, 4) is 5.75 Å². The summed E-state index contributed by atoms with van der Waals surface area (Å²) in [5.74, 6) is 0.721. The zero-order valence-electron chi connectivity index (χ0n) is 16.4. The smallest absolute Gasteiger partial charge is 0.353 e. The van der Waals surface area contributed by atoms with Crippen molar-refractivity contribution in [2.75, 3.05) is 17.7 Å². The first-order valence-electron chi connectivity index (χ1n) is 9.22. The van der Waals surface area contributed by atoms with Crippen molar-refractivity contribution in [2.45, 2.75) is 6.92 Å². The van der Waals surface area contributed by atoms with Crippen LogP contribution in [-0.2, 0) is 0 Å². The van der Waals surface area contributed by atoms with Gasteiger partial charge >= 0.3 is 5.69 Å². The fourth-order valence-electron chi connectivity index (χ4n) is 3.24. The second-order valence-corrected chi connectivity index (χ2v) is 6.66. The maximum absolute atomic E-state index is 11.9. The summed E-state index contributed by atoms with van der Waals surface area (Å²) < 4.78 is 5.36. The first kappa shape index (κ1) is 19.1. The summed E-state index contributed by atoms with van der Waals surface area (Å²) in [6, 6.07) is 19.0. The molecule has 0 saturated heterocycles. The zero-order valence-corrected chi connectivity index (χ0v) is 16.4. The Balaban J connectivity index is 1.77. The zero-order chi connectivity index (χ0) is 21.1. The minimum Gasteiger partial charge on any atom is -0.495 e. The Labute approximate surface area is 172 Å². The van der Waals surface area contributed by atoms with Crippen molar-refractivity contribution < 1.29 is 9.66 Å². The maximum Gasteiger partial charge on any atom is 0.353 e. The van der Waals surface area contributed by atoms with Gasteiger partial charge in [-0.3, -0.25) is 10.1 Å². The molecular formula is C22H19N5O3. The van der Waals surface area contributed by atoms with Gasteiger partial charge in [-0.05, 0) is 36.1 Å². The first-order valence-corrected chi connectivity index (χ1v) is 9.22. The molecule has 0 fully saturated rings. The molecule has 8 nitrogen and oxygen atoms in total. The number of nitrogens with one attached hydrogen (secondary N) is 2. The van der Waals surface area contributed by atoms with Crippen LogP contribution in [0.25, 0.3) is 10.8 Å². The second kappa shape index (κ2) is 8.04. The Bertz CT molecular complexity index is 1240. The third kappa shape index (κ3) is 3.70. The van der Waals surface area contributed by atoms with Crippen molar-refractivity contribution in [2.24, 2.45) is 0 Å². The van der Waals surface area contributed by atoms with Crippen LogP contribution in [0.2, 0.25) is 0 Å². The molecule has 0 unspecified atom stereocenters. The highest BCUT2D eigenvalue weighted by Crippen LogP contribution is 2.36. The topological polar surface area (TPSA) is 102 Å². The van der Waals surface area contributed by atoms with Gasteiger partial charge < -0.3 is 15.4 Å². The number of fused-ring (bicyclic) bond motifs is 1. The van der Waals surface area contributed by atoms with Crippen molar-refractivity contribution >= 4 is 39.5 Å². The van der Waals surface area contributed by atoms with E-state index >= 15 is 0 Å². The molecule has 150 valence electrons. The van der Waals surface area contributed by atoms with E-state index in [1.54, 1.807) is 6.07 Å². The Morgan fingerprint density at radius 2 is 1.63 bits per heavy atom. The largest absolute Gasteiger partial charge is 0.495 e.